The highest BCUT2D eigenvalue weighted by Gasteiger charge is 2.46. The Morgan fingerprint density at radius 1 is 1.21 bits per heavy atom. The lowest BCUT2D eigenvalue weighted by Crippen LogP contribution is -2.34. The van der Waals surface area contributed by atoms with E-state index in [9.17, 15) is 13.2 Å². The van der Waals surface area contributed by atoms with Crippen LogP contribution >= 0.6 is 0 Å². The zero-order valence-corrected chi connectivity index (χ0v) is 15.5. The third-order valence-corrected chi connectivity index (χ3v) is 5.75. The average Bonchev–Trinajstić information content (AvgIpc) is 3.21. The van der Waals surface area contributed by atoms with E-state index < -0.39 is 9.84 Å². The molecule has 134 valence electrons. The van der Waals surface area contributed by atoms with Crippen molar-refractivity contribution in [3.63, 3.8) is 0 Å². The summed E-state index contributed by atoms with van der Waals surface area (Å²) < 4.78 is 22.9. The standard InChI is InChI=1S/C18H28N2O3S/c1-13(2)14-4-6-15(7-5-14)16(19)11-20-17(21)10-18(8-9-18)12-24(3,22)23/h4-7,13,16H,8-12,19H2,1-3H3,(H,20,21). The maximum atomic E-state index is 12.1. The minimum atomic E-state index is -3.06. The molecule has 1 unspecified atom stereocenters. The van der Waals surface area contributed by atoms with Crippen LogP contribution in [0.25, 0.3) is 0 Å². The molecule has 0 aliphatic heterocycles. The maximum Gasteiger partial charge on any atom is 0.220 e. The number of amides is 1. The molecule has 1 aliphatic carbocycles. The summed E-state index contributed by atoms with van der Waals surface area (Å²) in [5.74, 6) is 0.445. The van der Waals surface area contributed by atoms with E-state index in [1.807, 2.05) is 12.1 Å². The number of carbonyl (C=O) groups excluding carboxylic acids is 1. The number of nitrogens with two attached hydrogens (primary N) is 1. The van der Waals surface area contributed by atoms with Crippen LogP contribution in [0.5, 0.6) is 0 Å². The van der Waals surface area contributed by atoms with Gasteiger partial charge in [-0.3, -0.25) is 4.79 Å². The first-order chi connectivity index (χ1) is 11.1. The van der Waals surface area contributed by atoms with E-state index in [1.54, 1.807) is 0 Å². The Hall–Kier alpha value is -1.40. The number of rotatable bonds is 8. The van der Waals surface area contributed by atoms with Crippen LogP contribution in [0.15, 0.2) is 24.3 Å². The van der Waals surface area contributed by atoms with Gasteiger partial charge in [0.15, 0.2) is 0 Å². The molecule has 3 N–H and O–H groups in total. The van der Waals surface area contributed by atoms with Gasteiger partial charge in [0, 0.05) is 25.3 Å². The first-order valence-electron chi connectivity index (χ1n) is 8.40. The van der Waals surface area contributed by atoms with Crippen molar-refractivity contribution in [1.82, 2.24) is 5.32 Å². The smallest absolute Gasteiger partial charge is 0.220 e. The molecule has 1 aromatic carbocycles. The zero-order valence-electron chi connectivity index (χ0n) is 14.7. The molecule has 1 aromatic rings. The number of carbonyl (C=O) groups is 1. The number of sulfone groups is 1. The van der Waals surface area contributed by atoms with Gasteiger partial charge in [-0.2, -0.15) is 0 Å². The molecule has 0 heterocycles. The molecule has 0 spiro atoms. The molecule has 6 heteroatoms. The van der Waals surface area contributed by atoms with Crippen molar-refractivity contribution in [1.29, 1.82) is 0 Å². The number of hydrogen-bond donors (Lipinski definition) is 2. The van der Waals surface area contributed by atoms with Crippen molar-refractivity contribution in [3.8, 4) is 0 Å². The summed E-state index contributed by atoms with van der Waals surface area (Å²) in [6, 6.07) is 7.86. The van der Waals surface area contributed by atoms with Crippen molar-refractivity contribution in [3.05, 3.63) is 35.4 Å². The Balaban J connectivity index is 1.83. The number of hydrogen-bond acceptors (Lipinski definition) is 4. The maximum absolute atomic E-state index is 12.1. The van der Waals surface area contributed by atoms with Crippen molar-refractivity contribution >= 4 is 15.7 Å². The van der Waals surface area contributed by atoms with E-state index in [-0.39, 0.29) is 29.5 Å². The van der Waals surface area contributed by atoms with Gasteiger partial charge in [0.1, 0.15) is 9.84 Å². The molecule has 0 radical (unpaired) electrons. The van der Waals surface area contributed by atoms with Crippen molar-refractivity contribution < 1.29 is 13.2 Å². The largest absolute Gasteiger partial charge is 0.354 e. The number of benzene rings is 1. The fourth-order valence-electron chi connectivity index (χ4n) is 2.98. The molecule has 0 saturated heterocycles. The monoisotopic (exact) mass is 352 g/mol. The second-order valence-corrected chi connectivity index (χ2v) is 9.62. The summed E-state index contributed by atoms with van der Waals surface area (Å²) in [6.45, 7) is 4.63. The predicted octanol–water partition coefficient (Wildman–Crippen LogP) is 2.14. The molecule has 0 bridgehead atoms. The van der Waals surface area contributed by atoms with Gasteiger partial charge in [-0.05, 0) is 35.3 Å². The second kappa shape index (κ2) is 7.23. The fourth-order valence-corrected chi connectivity index (χ4v) is 4.48. The van der Waals surface area contributed by atoms with E-state index >= 15 is 0 Å². The summed E-state index contributed by atoms with van der Waals surface area (Å²) in [5, 5.41) is 2.84. The Labute approximate surface area is 144 Å². The van der Waals surface area contributed by atoms with Crippen LogP contribution in [0.2, 0.25) is 0 Å². The fraction of sp³-hybridized carbons (Fsp3) is 0.611. The van der Waals surface area contributed by atoms with Gasteiger partial charge in [0.2, 0.25) is 5.91 Å². The molecular formula is C18H28N2O3S. The molecule has 1 aliphatic rings. The van der Waals surface area contributed by atoms with Crippen LogP contribution in [0, 0.1) is 5.41 Å². The highest BCUT2D eigenvalue weighted by molar-refractivity contribution is 7.90. The quantitative estimate of drug-likeness (QED) is 0.750. The van der Waals surface area contributed by atoms with Gasteiger partial charge in [-0.1, -0.05) is 38.1 Å². The molecule has 1 amide bonds. The predicted molar refractivity (Wildman–Crippen MR) is 96.5 cm³/mol. The lowest BCUT2D eigenvalue weighted by molar-refractivity contribution is -0.122. The summed E-state index contributed by atoms with van der Waals surface area (Å²) in [7, 11) is -3.06. The molecule has 1 atom stereocenters. The van der Waals surface area contributed by atoms with Gasteiger partial charge in [0.25, 0.3) is 0 Å². The summed E-state index contributed by atoms with van der Waals surface area (Å²) in [4.78, 5) is 12.1. The lowest BCUT2D eigenvalue weighted by Gasteiger charge is -2.17. The lowest BCUT2D eigenvalue weighted by atomic mass is 9.99. The molecule has 1 saturated carbocycles. The Kier molecular flexibility index (Phi) is 5.71. The molecule has 0 aromatic heterocycles. The van der Waals surface area contributed by atoms with Gasteiger partial charge >= 0.3 is 0 Å². The first kappa shape index (κ1) is 18.9. The third-order valence-electron chi connectivity index (χ3n) is 4.61. The van der Waals surface area contributed by atoms with Gasteiger partial charge in [-0.15, -0.1) is 0 Å². The van der Waals surface area contributed by atoms with E-state index in [1.165, 1.54) is 11.8 Å². The van der Waals surface area contributed by atoms with Gasteiger partial charge < -0.3 is 11.1 Å². The summed E-state index contributed by atoms with van der Waals surface area (Å²) in [5.41, 5.74) is 8.03. The Morgan fingerprint density at radius 2 is 1.75 bits per heavy atom. The van der Waals surface area contributed by atoms with E-state index in [2.05, 4.69) is 31.3 Å². The number of nitrogens with one attached hydrogen (secondary N) is 1. The minimum absolute atomic E-state index is 0.0934. The van der Waals surface area contributed by atoms with Crippen LogP contribution < -0.4 is 11.1 Å². The summed E-state index contributed by atoms with van der Waals surface area (Å²) in [6.07, 6.45) is 3.09. The van der Waals surface area contributed by atoms with Crippen LogP contribution in [0.1, 0.15) is 56.2 Å². The van der Waals surface area contributed by atoms with Gasteiger partial charge in [0.05, 0.1) is 5.75 Å². The third kappa shape index (κ3) is 5.60. The molecule has 2 rings (SSSR count). The molecular weight excluding hydrogens is 324 g/mol. The van der Waals surface area contributed by atoms with Crippen molar-refractivity contribution in [2.75, 3.05) is 18.6 Å². The average molecular weight is 353 g/mol. The Bertz CT molecular complexity index is 677. The highest BCUT2D eigenvalue weighted by atomic mass is 32.2. The zero-order chi connectivity index (χ0) is 18.0. The van der Waals surface area contributed by atoms with E-state index in [0.717, 1.165) is 18.4 Å². The Morgan fingerprint density at radius 3 is 2.21 bits per heavy atom. The molecule has 5 nitrogen and oxygen atoms in total. The second-order valence-electron chi connectivity index (χ2n) is 7.48. The van der Waals surface area contributed by atoms with Crippen LogP contribution in [-0.2, 0) is 14.6 Å². The molecule has 24 heavy (non-hydrogen) atoms. The van der Waals surface area contributed by atoms with E-state index in [0.29, 0.717) is 12.5 Å². The SMILES string of the molecule is CC(C)c1ccc(C(N)CNC(=O)CC2(CS(C)(=O)=O)CC2)cc1. The normalized spacial score (nSPS) is 17.5. The van der Waals surface area contributed by atoms with Crippen molar-refractivity contribution in [2.24, 2.45) is 11.1 Å². The van der Waals surface area contributed by atoms with Crippen molar-refractivity contribution in [2.45, 2.75) is 45.1 Å². The highest BCUT2D eigenvalue weighted by Crippen LogP contribution is 2.49. The minimum Gasteiger partial charge on any atom is -0.354 e. The van der Waals surface area contributed by atoms with Crippen LogP contribution in [0.3, 0.4) is 0 Å². The first-order valence-corrected chi connectivity index (χ1v) is 10.5. The molecule has 1 fully saturated rings. The van der Waals surface area contributed by atoms with Crippen LogP contribution in [-0.4, -0.2) is 32.9 Å². The topological polar surface area (TPSA) is 89.3 Å². The van der Waals surface area contributed by atoms with Gasteiger partial charge in [-0.25, -0.2) is 8.42 Å². The van der Waals surface area contributed by atoms with Crippen LogP contribution in [0.4, 0.5) is 0 Å². The summed E-state index contributed by atoms with van der Waals surface area (Å²) >= 11 is 0. The van der Waals surface area contributed by atoms with E-state index in [4.69, 9.17) is 5.73 Å².